The molecular formula is C15H27N3O3. The van der Waals surface area contributed by atoms with E-state index in [1.54, 1.807) is 0 Å². The molecule has 0 radical (unpaired) electrons. The van der Waals surface area contributed by atoms with E-state index in [2.05, 4.69) is 0 Å². The van der Waals surface area contributed by atoms with Crippen molar-refractivity contribution in [3.05, 3.63) is 0 Å². The molecule has 2 aliphatic heterocycles. The fourth-order valence-electron chi connectivity index (χ4n) is 3.05. The number of urea groups is 1. The number of hydrogen-bond donors (Lipinski definition) is 0. The molecule has 0 aromatic carbocycles. The molecule has 0 saturated carbocycles. The molecule has 120 valence electrons. The first kappa shape index (κ1) is 16.1. The average Bonchev–Trinajstić information content (AvgIpc) is 2.56. The van der Waals surface area contributed by atoms with Crippen LogP contribution in [0.2, 0.25) is 0 Å². The molecule has 2 saturated heterocycles. The van der Waals surface area contributed by atoms with E-state index >= 15 is 0 Å². The molecule has 2 fully saturated rings. The van der Waals surface area contributed by atoms with E-state index in [4.69, 9.17) is 4.74 Å². The highest BCUT2D eigenvalue weighted by atomic mass is 16.5. The van der Waals surface area contributed by atoms with E-state index < -0.39 is 0 Å². The Morgan fingerprint density at radius 2 is 1.57 bits per heavy atom. The maximum atomic E-state index is 12.4. The first-order chi connectivity index (χ1) is 10.2. The molecule has 0 aromatic rings. The van der Waals surface area contributed by atoms with Crippen molar-refractivity contribution >= 4 is 11.9 Å². The number of likely N-dealkylation sites (tertiary alicyclic amines) is 1. The standard InChI is InChI=1S/C15H27N3O3/c1-3-16(4-2)15(20)18-7-5-13(6-8-18)14(19)17-9-11-21-12-10-17/h13H,3-12H2,1-2H3. The van der Waals surface area contributed by atoms with Gasteiger partial charge in [-0.25, -0.2) is 4.79 Å². The monoisotopic (exact) mass is 297 g/mol. The van der Waals surface area contributed by atoms with E-state index in [0.717, 1.165) is 25.9 Å². The van der Waals surface area contributed by atoms with Crippen LogP contribution >= 0.6 is 0 Å². The zero-order valence-corrected chi connectivity index (χ0v) is 13.2. The van der Waals surface area contributed by atoms with Gasteiger partial charge in [0.25, 0.3) is 0 Å². The van der Waals surface area contributed by atoms with Crippen LogP contribution in [0.3, 0.4) is 0 Å². The highest BCUT2D eigenvalue weighted by Crippen LogP contribution is 2.21. The second-order valence-electron chi connectivity index (χ2n) is 5.65. The molecule has 6 nitrogen and oxygen atoms in total. The van der Waals surface area contributed by atoms with E-state index in [-0.39, 0.29) is 17.9 Å². The van der Waals surface area contributed by atoms with Gasteiger partial charge in [0.15, 0.2) is 0 Å². The molecule has 2 aliphatic rings. The maximum absolute atomic E-state index is 12.4. The number of morpholine rings is 1. The van der Waals surface area contributed by atoms with Gasteiger partial charge in [0.1, 0.15) is 0 Å². The summed E-state index contributed by atoms with van der Waals surface area (Å²) in [6.07, 6.45) is 1.56. The SMILES string of the molecule is CCN(CC)C(=O)N1CCC(C(=O)N2CCOCC2)CC1. The zero-order valence-electron chi connectivity index (χ0n) is 13.2. The Morgan fingerprint density at radius 3 is 2.10 bits per heavy atom. The fraction of sp³-hybridized carbons (Fsp3) is 0.867. The van der Waals surface area contributed by atoms with Crippen LogP contribution in [0.5, 0.6) is 0 Å². The molecule has 3 amide bonds. The Labute approximate surface area is 127 Å². The van der Waals surface area contributed by atoms with Gasteiger partial charge < -0.3 is 19.4 Å². The molecule has 0 bridgehead atoms. The van der Waals surface area contributed by atoms with Gasteiger partial charge in [-0.15, -0.1) is 0 Å². The predicted molar refractivity (Wildman–Crippen MR) is 80.0 cm³/mol. The highest BCUT2D eigenvalue weighted by molar-refractivity contribution is 5.80. The third-order valence-electron chi connectivity index (χ3n) is 4.47. The molecule has 0 aromatic heterocycles. The highest BCUT2D eigenvalue weighted by Gasteiger charge is 2.31. The average molecular weight is 297 g/mol. The summed E-state index contributed by atoms with van der Waals surface area (Å²) in [4.78, 5) is 30.3. The summed E-state index contributed by atoms with van der Waals surface area (Å²) in [5.74, 6) is 0.317. The Kier molecular flexibility index (Phi) is 5.85. The number of carbonyl (C=O) groups excluding carboxylic acids is 2. The molecule has 2 rings (SSSR count). The van der Waals surface area contributed by atoms with Crippen LogP contribution in [-0.2, 0) is 9.53 Å². The molecular weight excluding hydrogens is 270 g/mol. The summed E-state index contributed by atoms with van der Waals surface area (Å²) in [6, 6.07) is 0.109. The summed E-state index contributed by atoms with van der Waals surface area (Å²) in [5.41, 5.74) is 0. The Morgan fingerprint density at radius 1 is 1.00 bits per heavy atom. The minimum absolute atomic E-state index is 0.0730. The number of piperidine rings is 1. The van der Waals surface area contributed by atoms with Gasteiger partial charge in [-0.05, 0) is 26.7 Å². The quantitative estimate of drug-likeness (QED) is 0.781. The molecule has 6 heteroatoms. The number of hydrogen-bond acceptors (Lipinski definition) is 3. The number of rotatable bonds is 3. The first-order valence-corrected chi connectivity index (χ1v) is 8.07. The number of carbonyl (C=O) groups is 2. The first-order valence-electron chi connectivity index (χ1n) is 8.07. The van der Waals surface area contributed by atoms with E-state index in [0.29, 0.717) is 39.4 Å². The molecule has 0 spiro atoms. The molecule has 21 heavy (non-hydrogen) atoms. The van der Waals surface area contributed by atoms with Crippen LogP contribution in [0.4, 0.5) is 4.79 Å². The van der Waals surface area contributed by atoms with Crippen molar-refractivity contribution in [1.82, 2.24) is 14.7 Å². The van der Waals surface area contributed by atoms with Crippen molar-refractivity contribution in [2.45, 2.75) is 26.7 Å². The lowest BCUT2D eigenvalue weighted by Gasteiger charge is -2.37. The summed E-state index contributed by atoms with van der Waals surface area (Å²) in [5, 5.41) is 0. The summed E-state index contributed by atoms with van der Waals surface area (Å²) >= 11 is 0. The van der Waals surface area contributed by atoms with Crippen molar-refractivity contribution in [3.63, 3.8) is 0 Å². The lowest BCUT2D eigenvalue weighted by Crippen LogP contribution is -2.50. The molecule has 0 N–H and O–H groups in total. The van der Waals surface area contributed by atoms with Crippen LogP contribution in [0, 0.1) is 5.92 Å². The van der Waals surface area contributed by atoms with Crippen molar-refractivity contribution in [2.24, 2.45) is 5.92 Å². The normalized spacial score (nSPS) is 20.5. The van der Waals surface area contributed by atoms with Crippen LogP contribution in [0.25, 0.3) is 0 Å². The third kappa shape index (κ3) is 3.87. The van der Waals surface area contributed by atoms with E-state index in [1.165, 1.54) is 0 Å². The summed E-state index contributed by atoms with van der Waals surface area (Å²) < 4.78 is 5.28. The van der Waals surface area contributed by atoms with Crippen LogP contribution in [0.1, 0.15) is 26.7 Å². The van der Waals surface area contributed by atoms with Crippen LogP contribution in [0.15, 0.2) is 0 Å². The predicted octanol–water partition coefficient (Wildman–Crippen LogP) is 1.02. The van der Waals surface area contributed by atoms with E-state index in [1.807, 2.05) is 28.5 Å². The Hall–Kier alpha value is -1.30. The van der Waals surface area contributed by atoms with Gasteiger partial charge in [0.05, 0.1) is 13.2 Å². The minimum atomic E-state index is 0.0730. The van der Waals surface area contributed by atoms with E-state index in [9.17, 15) is 9.59 Å². The van der Waals surface area contributed by atoms with Gasteiger partial charge in [-0.3, -0.25) is 4.79 Å². The van der Waals surface area contributed by atoms with Crippen LogP contribution in [-0.4, -0.2) is 79.1 Å². The molecule has 0 unspecified atom stereocenters. The van der Waals surface area contributed by atoms with Gasteiger partial charge in [-0.1, -0.05) is 0 Å². The summed E-state index contributed by atoms with van der Waals surface area (Å²) in [7, 11) is 0. The minimum Gasteiger partial charge on any atom is -0.378 e. The van der Waals surface area contributed by atoms with Crippen molar-refractivity contribution < 1.29 is 14.3 Å². The number of amides is 3. The second kappa shape index (κ2) is 7.64. The Bertz CT molecular complexity index is 357. The van der Waals surface area contributed by atoms with Crippen molar-refractivity contribution in [3.8, 4) is 0 Å². The lowest BCUT2D eigenvalue weighted by molar-refractivity contribution is -0.141. The second-order valence-corrected chi connectivity index (χ2v) is 5.65. The third-order valence-corrected chi connectivity index (χ3v) is 4.47. The number of ether oxygens (including phenoxy) is 1. The van der Waals surface area contributed by atoms with Gasteiger partial charge >= 0.3 is 6.03 Å². The Balaban J connectivity index is 1.82. The largest absolute Gasteiger partial charge is 0.378 e. The maximum Gasteiger partial charge on any atom is 0.319 e. The van der Waals surface area contributed by atoms with Gasteiger partial charge in [-0.2, -0.15) is 0 Å². The lowest BCUT2D eigenvalue weighted by atomic mass is 9.95. The van der Waals surface area contributed by atoms with Gasteiger partial charge in [0.2, 0.25) is 5.91 Å². The van der Waals surface area contributed by atoms with Crippen LogP contribution < -0.4 is 0 Å². The summed E-state index contributed by atoms with van der Waals surface area (Å²) in [6.45, 7) is 9.55. The van der Waals surface area contributed by atoms with Crippen molar-refractivity contribution in [1.29, 1.82) is 0 Å². The number of nitrogens with zero attached hydrogens (tertiary/aromatic N) is 3. The molecule has 0 atom stereocenters. The fourth-order valence-corrected chi connectivity index (χ4v) is 3.05. The molecule has 0 aliphatic carbocycles. The smallest absolute Gasteiger partial charge is 0.319 e. The topological polar surface area (TPSA) is 53.1 Å². The van der Waals surface area contributed by atoms with Gasteiger partial charge in [0, 0.05) is 45.2 Å². The van der Waals surface area contributed by atoms with Crippen molar-refractivity contribution in [2.75, 3.05) is 52.5 Å². The molecule has 2 heterocycles. The zero-order chi connectivity index (χ0) is 15.2.